The molecule has 3 aromatic rings. The van der Waals surface area contributed by atoms with Gasteiger partial charge < -0.3 is 20.1 Å². The minimum Gasteiger partial charge on any atom is -0.379 e. The van der Waals surface area contributed by atoms with E-state index in [0.29, 0.717) is 34.4 Å². The van der Waals surface area contributed by atoms with E-state index < -0.39 is 47.2 Å². The highest BCUT2D eigenvalue weighted by atomic mass is 32.2. The predicted octanol–water partition coefficient (Wildman–Crippen LogP) is 4.98. The van der Waals surface area contributed by atoms with E-state index in [1.807, 2.05) is 0 Å². The third kappa shape index (κ3) is 4.84. The van der Waals surface area contributed by atoms with Gasteiger partial charge in [0.2, 0.25) is 5.72 Å². The summed E-state index contributed by atoms with van der Waals surface area (Å²) in [7, 11) is 1.58. The van der Waals surface area contributed by atoms with Gasteiger partial charge in [-0.25, -0.2) is 13.8 Å². The number of pyridine rings is 1. The summed E-state index contributed by atoms with van der Waals surface area (Å²) in [6.07, 6.45) is -4.58. The molecule has 1 aromatic carbocycles. The first kappa shape index (κ1) is 26.1. The van der Waals surface area contributed by atoms with Crippen molar-refractivity contribution in [2.45, 2.75) is 42.2 Å². The second-order valence-electron chi connectivity index (χ2n) is 8.65. The van der Waals surface area contributed by atoms with Gasteiger partial charge in [0.1, 0.15) is 0 Å². The number of rotatable bonds is 7. The van der Waals surface area contributed by atoms with Crippen molar-refractivity contribution in [1.82, 2.24) is 14.5 Å². The number of aliphatic hydroxyl groups is 2. The number of halogens is 5. The Hall–Kier alpha value is -2.96. The van der Waals surface area contributed by atoms with E-state index in [4.69, 9.17) is 0 Å². The molecule has 12 heteroatoms. The highest BCUT2D eigenvalue weighted by molar-refractivity contribution is 7.99. The molecule has 0 radical (unpaired) electrons. The molecule has 3 atom stereocenters. The number of nitrogens with zero attached hydrogens (tertiary/aromatic N) is 3. The van der Waals surface area contributed by atoms with Crippen molar-refractivity contribution in [2.24, 2.45) is 7.05 Å². The Morgan fingerprint density at radius 1 is 1.19 bits per heavy atom. The molecule has 6 nitrogen and oxygen atoms in total. The quantitative estimate of drug-likeness (QED) is 0.229. The summed E-state index contributed by atoms with van der Waals surface area (Å²) in [6.45, 7) is 1.76. The van der Waals surface area contributed by atoms with Crippen molar-refractivity contribution >= 4 is 28.4 Å². The number of hydrogen-bond acceptors (Lipinski definition) is 6. The highest BCUT2D eigenvalue weighted by Gasteiger charge is 2.56. The minimum atomic E-state index is -5.14. The normalized spacial score (nSPS) is 22.2. The van der Waals surface area contributed by atoms with Crippen LogP contribution in [0.3, 0.4) is 0 Å². The number of benzene rings is 1. The molecular weight excluding hydrogens is 503 g/mol. The molecule has 3 unspecified atom stereocenters. The van der Waals surface area contributed by atoms with Gasteiger partial charge in [-0.3, -0.25) is 4.98 Å². The van der Waals surface area contributed by atoms with Crippen molar-refractivity contribution in [3.05, 3.63) is 72.0 Å². The van der Waals surface area contributed by atoms with Gasteiger partial charge in [0.15, 0.2) is 22.8 Å². The van der Waals surface area contributed by atoms with Gasteiger partial charge in [-0.1, -0.05) is 23.9 Å². The maximum atomic E-state index is 15.6. The van der Waals surface area contributed by atoms with E-state index in [1.165, 1.54) is 23.0 Å². The zero-order valence-electron chi connectivity index (χ0n) is 19.2. The first-order valence-electron chi connectivity index (χ1n) is 10.8. The monoisotopic (exact) mass is 526 g/mol. The Labute approximate surface area is 207 Å². The summed E-state index contributed by atoms with van der Waals surface area (Å²) >= 11 is 0.641. The average molecular weight is 527 g/mol. The summed E-state index contributed by atoms with van der Waals surface area (Å²) in [6, 6.07) is 8.02. The fourth-order valence-electron chi connectivity index (χ4n) is 3.87. The number of fused-ring (bicyclic) bond motifs is 1. The molecule has 0 fully saturated rings. The molecule has 0 aliphatic heterocycles. The zero-order valence-corrected chi connectivity index (χ0v) is 20.0. The number of nitrogens with one attached hydrogen (secondary N) is 1. The van der Waals surface area contributed by atoms with Gasteiger partial charge >= 0.3 is 6.18 Å². The van der Waals surface area contributed by atoms with E-state index in [0.717, 1.165) is 6.08 Å². The SMILES string of the molecule is Cc1ccc2c(NC3(O)C(F)=CC=C(CC(O)(CSc4nccn4C)C(F)(F)F)C3F)cccc2n1. The van der Waals surface area contributed by atoms with Crippen LogP contribution in [-0.2, 0) is 7.05 Å². The van der Waals surface area contributed by atoms with Gasteiger partial charge in [-0.05, 0) is 42.8 Å². The van der Waals surface area contributed by atoms with Crippen LogP contribution in [0.2, 0.25) is 0 Å². The Balaban J connectivity index is 1.62. The molecule has 36 heavy (non-hydrogen) atoms. The maximum absolute atomic E-state index is 15.6. The van der Waals surface area contributed by atoms with Crippen LogP contribution < -0.4 is 5.32 Å². The van der Waals surface area contributed by atoms with Crippen LogP contribution in [0.25, 0.3) is 10.9 Å². The summed E-state index contributed by atoms with van der Waals surface area (Å²) in [4.78, 5) is 8.24. The molecule has 0 saturated heterocycles. The molecule has 1 aliphatic rings. The molecule has 2 heterocycles. The first-order chi connectivity index (χ1) is 16.8. The van der Waals surface area contributed by atoms with Crippen LogP contribution in [0.15, 0.2) is 71.4 Å². The molecular formula is C24H23F5N4O2S. The van der Waals surface area contributed by atoms with Crippen molar-refractivity contribution in [2.75, 3.05) is 11.1 Å². The second kappa shape index (κ2) is 9.49. The number of hydrogen-bond donors (Lipinski definition) is 3. The van der Waals surface area contributed by atoms with Gasteiger partial charge in [0.25, 0.3) is 0 Å². The van der Waals surface area contributed by atoms with Crippen LogP contribution in [-0.4, -0.2) is 54.2 Å². The van der Waals surface area contributed by atoms with Crippen molar-refractivity contribution < 1.29 is 32.2 Å². The molecule has 192 valence electrons. The van der Waals surface area contributed by atoms with Crippen LogP contribution in [0, 0.1) is 6.92 Å². The lowest BCUT2D eigenvalue weighted by atomic mass is 9.85. The Bertz CT molecular complexity index is 1340. The van der Waals surface area contributed by atoms with E-state index in [2.05, 4.69) is 15.3 Å². The molecule has 0 saturated carbocycles. The predicted molar refractivity (Wildman–Crippen MR) is 127 cm³/mol. The lowest BCUT2D eigenvalue weighted by Gasteiger charge is -2.38. The average Bonchev–Trinajstić information content (AvgIpc) is 3.22. The lowest BCUT2D eigenvalue weighted by molar-refractivity contribution is -0.250. The topological polar surface area (TPSA) is 83.2 Å². The van der Waals surface area contributed by atoms with Crippen LogP contribution in [0.4, 0.5) is 27.6 Å². The smallest absolute Gasteiger partial charge is 0.379 e. The van der Waals surface area contributed by atoms with E-state index in [1.54, 1.807) is 38.2 Å². The molecule has 1 aliphatic carbocycles. The summed E-state index contributed by atoms with van der Waals surface area (Å²) < 4.78 is 73.7. The number of imidazole rings is 1. The van der Waals surface area contributed by atoms with Crippen LogP contribution in [0.1, 0.15) is 12.1 Å². The summed E-state index contributed by atoms with van der Waals surface area (Å²) in [5, 5.41) is 24.7. The Morgan fingerprint density at radius 2 is 1.94 bits per heavy atom. The molecule has 0 spiro atoms. The molecule has 2 aromatic heterocycles. The van der Waals surface area contributed by atoms with Gasteiger partial charge in [-0.15, -0.1) is 0 Å². The molecule has 0 bridgehead atoms. The summed E-state index contributed by atoms with van der Waals surface area (Å²) in [5.74, 6) is -2.22. The third-order valence-electron chi connectivity index (χ3n) is 5.94. The zero-order chi connectivity index (χ0) is 26.3. The lowest BCUT2D eigenvalue weighted by Crippen LogP contribution is -2.53. The van der Waals surface area contributed by atoms with Crippen LogP contribution in [0.5, 0.6) is 0 Å². The number of anilines is 1. The van der Waals surface area contributed by atoms with Crippen molar-refractivity contribution in [1.29, 1.82) is 0 Å². The summed E-state index contributed by atoms with van der Waals surface area (Å²) in [5.41, 5.74) is -5.67. The number of thioether (sulfide) groups is 1. The fourth-order valence-corrected chi connectivity index (χ4v) is 4.90. The van der Waals surface area contributed by atoms with Crippen molar-refractivity contribution in [3.8, 4) is 0 Å². The Morgan fingerprint density at radius 3 is 2.61 bits per heavy atom. The minimum absolute atomic E-state index is 0.131. The van der Waals surface area contributed by atoms with Crippen LogP contribution >= 0.6 is 11.8 Å². The highest BCUT2D eigenvalue weighted by Crippen LogP contribution is 2.44. The number of allylic oxidation sites excluding steroid dienone is 2. The standard InChI is InChI=1S/C24H23F5N4O2S/c1-14-6-8-16-17(31-14)4-3-5-18(16)32-23(35)19(25)9-7-15(20(23)26)12-22(34,24(27,28)29)13-36-21-30-10-11-33(21)2/h3-11,20,32,34-35H,12-13H2,1-2H3. The van der Waals surface area contributed by atoms with E-state index in [-0.39, 0.29) is 10.8 Å². The van der Waals surface area contributed by atoms with E-state index in [9.17, 15) is 27.8 Å². The van der Waals surface area contributed by atoms with E-state index >= 15 is 4.39 Å². The van der Waals surface area contributed by atoms with Gasteiger partial charge in [-0.2, -0.15) is 13.2 Å². The number of alkyl halides is 4. The second-order valence-corrected chi connectivity index (χ2v) is 9.59. The third-order valence-corrected chi connectivity index (χ3v) is 7.21. The number of aryl methyl sites for hydroxylation is 2. The fraction of sp³-hybridized carbons (Fsp3) is 0.333. The largest absolute Gasteiger partial charge is 0.418 e. The number of aromatic nitrogens is 3. The van der Waals surface area contributed by atoms with Gasteiger partial charge in [0.05, 0.1) is 5.52 Å². The van der Waals surface area contributed by atoms with Gasteiger partial charge in [0, 0.05) is 48.4 Å². The maximum Gasteiger partial charge on any atom is 0.418 e. The van der Waals surface area contributed by atoms with Crippen molar-refractivity contribution in [3.63, 3.8) is 0 Å². The molecule has 3 N–H and O–H groups in total. The molecule has 4 rings (SSSR count). The Kier molecular flexibility index (Phi) is 6.88. The first-order valence-corrected chi connectivity index (χ1v) is 11.8. The molecule has 0 amide bonds.